The number of nitrogens with zero attached hydrogens (tertiary/aromatic N) is 2. The van der Waals surface area contributed by atoms with Crippen LogP contribution in [0.25, 0.3) is 10.4 Å². The van der Waals surface area contributed by atoms with Crippen LogP contribution in [0.2, 0.25) is 0 Å². The largest absolute Gasteiger partial charge is 0.389 e. The average molecular weight is 541 g/mol. The van der Waals surface area contributed by atoms with Crippen LogP contribution in [-0.4, -0.2) is 22.3 Å². The molecule has 1 aromatic heterocycles. The Labute approximate surface area is 217 Å². The lowest BCUT2D eigenvalue weighted by atomic mass is 9.90. The molecule has 0 amide bonds. The predicted octanol–water partition coefficient (Wildman–Crippen LogP) is 5.45. The fourth-order valence-electron chi connectivity index (χ4n) is 3.55. The number of allylic oxidation sites excluding steroid dienone is 2. The van der Waals surface area contributed by atoms with Gasteiger partial charge < -0.3 is 21.6 Å². The molecular weight excluding hydrogens is 508 g/mol. The first-order chi connectivity index (χ1) is 16.9. The van der Waals surface area contributed by atoms with Gasteiger partial charge in [-0.05, 0) is 44.1 Å². The zero-order valence-electron chi connectivity index (χ0n) is 20.0. The Morgan fingerprint density at radius 3 is 2.63 bits per heavy atom. The summed E-state index contributed by atoms with van der Waals surface area (Å²) in [6.45, 7) is 4.59. The smallest absolute Gasteiger partial charge is 0.155 e. The minimum atomic E-state index is -1.35. The summed E-state index contributed by atoms with van der Waals surface area (Å²) < 4.78 is 15.9. The minimum Gasteiger partial charge on any atom is -0.389 e. The molecule has 35 heavy (non-hydrogen) atoms. The summed E-state index contributed by atoms with van der Waals surface area (Å²) in [5, 5.41) is 6.51. The van der Waals surface area contributed by atoms with Gasteiger partial charge in [-0.15, -0.1) is 16.2 Å². The number of hydrogen-bond acceptors (Lipinski definition) is 9. The number of nitrogens with one attached hydrogen (secondary N) is 2. The molecular formula is C23H33ClN6O3S2. The number of nitrogens with two attached hydrogens (primary N) is 2. The van der Waals surface area contributed by atoms with Crippen LogP contribution in [0.3, 0.4) is 0 Å². The molecule has 12 heteroatoms. The van der Waals surface area contributed by atoms with Crippen molar-refractivity contribution in [2.75, 3.05) is 18.5 Å². The zero-order chi connectivity index (χ0) is 25.6. The van der Waals surface area contributed by atoms with Crippen LogP contribution in [-0.2, 0) is 15.8 Å². The van der Waals surface area contributed by atoms with Crippen LogP contribution in [0, 0.1) is 4.91 Å². The van der Waals surface area contributed by atoms with Crippen molar-refractivity contribution in [3.05, 3.63) is 57.4 Å². The predicted molar refractivity (Wildman–Crippen MR) is 145 cm³/mol. The quantitative estimate of drug-likeness (QED) is 0.136. The summed E-state index contributed by atoms with van der Waals surface area (Å²) in [6.07, 6.45) is 11.3. The molecule has 3 rings (SSSR count). The summed E-state index contributed by atoms with van der Waals surface area (Å²) in [5.74, 6) is 0.928. The number of benzene rings is 1. The molecule has 2 aromatic rings. The molecule has 1 atom stereocenters. The Balaban J connectivity index is 0.000000784. The van der Waals surface area contributed by atoms with Crippen molar-refractivity contribution in [1.29, 1.82) is 0 Å². The Morgan fingerprint density at radius 2 is 2.03 bits per heavy atom. The topological polar surface area (TPSA) is 145 Å². The number of hydrogen-bond donors (Lipinski definition) is 4. The van der Waals surface area contributed by atoms with E-state index in [4.69, 9.17) is 33.0 Å². The molecule has 1 heterocycles. The molecule has 1 aliphatic carbocycles. The molecule has 1 aliphatic rings. The average Bonchev–Trinajstić information content (AvgIpc) is 3.34. The molecule has 1 unspecified atom stereocenters. The van der Waals surface area contributed by atoms with Crippen LogP contribution in [0.15, 0.2) is 57.8 Å². The van der Waals surface area contributed by atoms with Crippen molar-refractivity contribution in [3.63, 3.8) is 0 Å². The van der Waals surface area contributed by atoms with Gasteiger partial charge in [-0.3, -0.25) is 0 Å². The third-order valence-electron chi connectivity index (χ3n) is 5.09. The van der Waals surface area contributed by atoms with Gasteiger partial charge in [0.25, 0.3) is 0 Å². The van der Waals surface area contributed by atoms with Crippen LogP contribution >= 0.6 is 22.9 Å². The molecule has 1 fully saturated rings. The van der Waals surface area contributed by atoms with E-state index in [9.17, 15) is 4.21 Å². The van der Waals surface area contributed by atoms with E-state index in [-0.39, 0.29) is 5.16 Å². The van der Waals surface area contributed by atoms with Crippen molar-refractivity contribution in [2.24, 2.45) is 16.8 Å². The second kappa shape index (κ2) is 15.5. The maximum Gasteiger partial charge on any atom is 0.155 e. The Hall–Kier alpha value is -2.47. The Morgan fingerprint density at radius 1 is 1.29 bits per heavy atom. The van der Waals surface area contributed by atoms with Gasteiger partial charge in [0.1, 0.15) is 23.4 Å². The van der Waals surface area contributed by atoms with Crippen molar-refractivity contribution in [2.45, 2.75) is 56.8 Å². The maximum atomic E-state index is 12.9. The monoisotopic (exact) mass is 540 g/mol. The van der Waals surface area contributed by atoms with E-state index in [1.807, 2.05) is 31.3 Å². The maximum absolute atomic E-state index is 12.9. The fourth-order valence-corrected chi connectivity index (χ4v) is 5.83. The van der Waals surface area contributed by atoms with Crippen LogP contribution in [0.5, 0.6) is 0 Å². The second-order valence-electron chi connectivity index (χ2n) is 7.67. The summed E-state index contributed by atoms with van der Waals surface area (Å²) in [7, 11) is -1.35. The Bertz CT molecular complexity index is 1030. The van der Waals surface area contributed by atoms with Gasteiger partial charge in [-0.2, -0.15) is 0 Å². The van der Waals surface area contributed by atoms with E-state index in [1.54, 1.807) is 24.3 Å². The van der Waals surface area contributed by atoms with E-state index >= 15 is 0 Å². The van der Waals surface area contributed by atoms with Gasteiger partial charge in [-0.1, -0.05) is 43.9 Å². The summed E-state index contributed by atoms with van der Waals surface area (Å²) >= 11 is 7.34. The highest BCUT2D eigenvalue weighted by molar-refractivity contribution is 7.83. The molecule has 0 aliphatic heterocycles. The number of thiazole rings is 1. The first kappa shape index (κ1) is 28.8. The van der Waals surface area contributed by atoms with E-state index < -0.39 is 11.0 Å². The summed E-state index contributed by atoms with van der Waals surface area (Å²) in [5.41, 5.74) is 13.0. The van der Waals surface area contributed by atoms with Gasteiger partial charge in [0.05, 0.1) is 19.9 Å². The standard InChI is InChI=1S/C21H28ClN5OS2.C2H5NO2/c1-2-26-30(28)18-12-15(27-20(24)11-10-19(22)23)8-9-16(18)17-13-25-21(29-17)14-6-4-3-5-7-14;1-2-5-3-4/h8-14,26-27H,2-7,23-24H2,1H3;2H2,1H3/b19-10-,20-11+;. The fraction of sp³-hybridized carbons (Fsp3) is 0.435. The SMILES string of the molecule is CCNS(=O)c1cc(N/C(N)=C/C=C(\N)Cl)ccc1-c1cnc(C2CCCCC2)s1.CCON=O. The van der Waals surface area contributed by atoms with Crippen molar-refractivity contribution in [1.82, 2.24) is 9.71 Å². The lowest BCUT2D eigenvalue weighted by Gasteiger charge is -2.18. The summed E-state index contributed by atoms with van der Waals surface area (Å²) in [6, 6.07) is 5.73. The third kappa shape index (κ3) is 9.60. The van der Waals surface area contributed by atoms with Gasteiger partial charge >= 0.3 is 0 Å². The second-order valence-corrected chi connectivity index (χ2v) is 10.4. The molecule has 192 valence electrons. The van der Waals surface area contributed by atoms with E-state index in [0.717, 1.165) is 16.1 Å². The number of halogens is 1. The Kier molecular flexibility index (Phi) is 12.7. The molecule has 0 bridgehead atoms. The number of anilines is 1. The minimum absolute atomic E-state index is 0.142. The lowest BCUT2D eigenvalue weighted by molar-refractivity contribution is 0.154. The molecule has 1 saturated carbocycles. The molecule has 1 aromatic carbocycles. The van der Waals surface area contributed by atoms with Crippen molar-refractivity contribution < 1.29 is 9.05 Å². The van der Waals surface area contributed by atoms with Crippen molar-refractivity contribution >= 4 is 39.6 Å². The molecule has 0 radical (unpaired) electrons. The van der Waals surface area contributed by atoms with Gasteiger partial charge in [-0.25, -0.2) is 13.9 Å². The van der Waals surface area contributed by atoms with Gasteiger partial charge in [0, 0.05) is 29.9 Å². The first-order valence-corrected chi connectivity index (χ1v) is 13.8. The number of aromatic nitrogens is 1. The zero-order valence-corrected chi connectivity index (χ0v) is 22.3. The van der Waals surface area contributed by atoms with E-state index in [0.29, 0.717) is 29.8 Å². The molecule has 0 saturated heterocycles. The van der Waals surface area contributed by atoms with E-state index in [1.165, 1.54) is 43.2 Å². The van der Waals surface area contributed by atoms with E-state index in [2.05, 4.69) is 20.2 Å². The molecule has 6 N–H and O–H groups in total. The lowest BCUT2D eigenvalue weighted by Crippen LogP contribution is -2.17. The van der Waals surface area contributed by atoms with Gasteiger partial charge in [0.15, 0.2) is 5.34 Å². The summed E-state index contributed by atoms with van der Waals surface area (Å²) in [4.78, 5) is 19.3. The van der Waals surface area contributed by atoms with Crippen LogP contribution < -0.4 is 21.5 Å². The third-order valence-corrected chi connectivity index (χ3v) is 7.70. The molecule has 0 spiro atoms. The van der Waals surface area contributed by atoms with Gasteiger partial charge in [0.2, 0.25) is 0 Å². The van der Waals surface area contributed by atoms with Crippen LogP contribution in [0.4, 0.5) is 5.69 Å². The van der Waals surface area contributed by atoms with Crippen LogP contribution in [0.1, 0.15) is 56.9 Å². The number of rotatable bonds is 10. The van der Waals surface area contributed by atoms with Crippen molar-refractivity contribution in [3.8, 4) is 10.4 Å². The molecule has 9 nitrogen and oxygen atoms in total. The highest BCUT2D eigenvalue weighted by Crippen LogP contribution is 2.39. The highest BCUT2D eigenvalue weighted by Gasteiger charge is 2.21. The normalized spacial score (nSPS) is 15.6. The highest BCUT2D eigenvalue weighted by atomic mass is 35.5. The first-order valence-electron chi connectivity index (χ1n) is 11.4.